The highest BCUT2D eigenvalue weighted by atomic mass is 16.5. The molecule has 5 rings (SSSR count). The Bertz CT molecular complexity index is 1080. The van der Waals surface area contributed by atoms with Gasteiger partial charge in [-0.05, 0) is 23.3 Å². The largest absolute Gasteiger partial charge is 0.496 e. The van der Waals surface area contributed by atoms with Crippen molar-refractivity contribution in [1.29, 1.82) is 0 Å². The Hall–Kier alpha value is -3.30. The van der Waals surface area contributed by atoms with E-state index in [1.807, 2.05) is 24.3 Å². The Morgan fingerprint density at radius 3 is 1.73 bits per heavy atom. The predicted molar refractivity (Wildman–Crippen MR) is 121 cm³/mol. The van der Waals surface area contributed by atoms with Crippen molar-refractivity contribution in [2.45, 2.75) is 12.1 Å². The van der Waals surface area contributed by atoms with Gasteiger partial charge in [0.2, 0.25) is 0 Å². The van der Waals surface area contributed by atoms with Crippen LogP contribution in [0.15, 0.2) is 97.1 Å². The number of fused-ring (bicyclic) bond motifs is 1. The minimum atomic E-state index is 0.178. The van der Waals surface area contributed by atoms with Crippen molar-refractivity contribution < 1.29 is 9.47 Å². The summed E-state index contributed by atoms with van der Waals surface area (Å²) in [5, 5.41) is 2.18. The van der Waals surface area contributed by atoms with Gasteiger partial charge in [-0.2, -0.15) is 0 Å². The fourth-order valence-corrected chi connectivity index (χ4v) is 4.34. The average molecular weight is 396 g/mol. The number of likely N-dealkylation sites (tertiary alicyclic amines) is 1. The lowest BCUT2D eigenvalue weighted by Gasteiger charge is -2.44. The van der Waals surface area contributed by atoms with Crippen LogP contribution in [-0.4, -0.2) is 31.2 Å². The zero-order valence-corrected chi connectivity index (χ0v) is 17.1. The molecular formula is C27H25NO2. The van der Waals surface area contributed by atoms with Gasteiger partial charge in [0.15, 0.2) is 0 Å². The van der Waals surface area contributed by atoms with Crippen LogP contribution >= 0.6 is 0 Å². The summed E-state index contributed by atoms with van der Waals surface area (Å²) in [7, 11) is 1.71. The maximum Gasteiger partial charge on any atom is 0.127 e. The molecule has 4 aromatic rings. The van der Waals surface area contributed by atoms with E-state index in [-0.39, 0.29) is 12.1 Å². The van der Waals surface area contributed by atoms with E-state index in [4.69, 9.17) is 9.47 Å². The third-order valence-corrected chi connectivity index (χ3v) is 5.83. The second-order valence-corrected chi connectivity index (χ2v) is 7.73. The molecule has 0 bridgehead atoms. The van der Waals surface area contributed by atoms with E-state index in [1.165, 1.54) is 11.1 Å². The zero-order chi connectivity index (χ0) is 20.3. The van der Waals surface area contributed by atoms with Crippen LogP contribution in [0.25, 0.3) is 10.8 Å². The van der Waals surface area contributed by atoms with Gasteiger partial charge in [-0.25, -0.2) is 0 Å². The number of methoxy groups -OCH3 is 1. The Morgan fingerprint density at radius 2 is 1.17 bits per heavy atom. The summed E-state index contributed by atoms with van der Waals surface area (Å²) in [6, 6.07) is 34.0. The summed E-state index contributed by atoms with van der Waals surface area (Å²) in [6.45, 7) is 1.80. The molecule has 0 amide bonds. The molecule has 0 saturated carbocycles. The van der Waals surface area contributed by atoms with Crippen molar-refractivity contribution in [3.63, 3.8) is 0 Å². The van der Waals surface area contributed by atoms with Gasteiger partial charge in [-0.15, -0.1) is 0 Å². The molecule has 30 heavy (non-hydrogen) atoms. The SMILES string of the molecule is COc1ccc(OC2CN(C(c3ccccc3)c3ccccc3)C2)c2ccccc12. The third kappa shape index (κ3) is 3.53. The van der Waals surface area contributed by atoms with Crippen LogP contribution in [0.3, 0.4) is 0 Å². The first kappa shape index (κ1) is 18.7. The summed E-state index contributed by atoms with van der Waals surface area (Å²) in [5.41, 5.74) is 2.63. The molecule has 0 N–H and O–H groups in total. The van der Waals surface area contributed by atoms with E-state index in [9.17, 15) is 0 Å². The highest BCUT2D eigenvalue weighted by Gasteiger charge is 2.35. The molecule has 1 aliphatic rings. The number of ether oxygens (including phenoxy) is 2. The standard InChI is InChI=1S/C27H25NO2/c1-29-25-16-17-26(24-15-9-8-14-23(24)25)30-22-18-28(19-22)27(20-10-4-2-5-11-20)21-12-6-3-7-13-21/h2-17,22,27H,18-19H2,1H3. The van der Waals surface area contributed by atoms with Crippen molar-refractivity contribution in [2.75, 3.05) is 20.2 Å². The molecule has 1 saturated heterocycles. The topological polar surface area (TPSA) is 21.7 Å². The normalized spacial score (nSPS) is 14.6. The molecule has 1 heterocycles. The van der Waals surface area contributed by atoms with Crippen LogP contribution in [0, 0.1) is 0 Å². The monoisotopic (exact) mass is 395 g/mol. The highest BCUT2D eigenvalue weighted by Crippen LogP contribution is 2.37. The molecule has 150 valence electrons. The first-order valence-corrected chi connectivity index (χ1v) is 10.4. The number of hydrogen-bond acceptors (Lipinski definition) is 3. The molecule has 0 spiro atoms. The molecule has 0 unspecified atom stereocenters. The average Bonchev–Trinajstić information content (AvgIpc) is 2.79. The van der Waals surface area contributed by atoms with Crippen LogP contribution in [0.5, 0.6) is 11.5 Å². The lowest BCUT2D eigenvalue weighted by Crippen LogP contribution is -2.55. The molecule has 4 aromatic carbocycles. The minimum absolute atomic E-state index is 0.178. The Balaban J connectivity index is 1.36. The summed E-state index contributed by atoms with van der Waals surface area (Å²) < 4.78 is 11.9. The molecule has 0 aromatic heterocycles. The number of hydrogen-bond donors (Lipinski definition) is 0. The quantitative estimate of drug-likeness (QED) is 0.418. The lowest BCUT2D eigenvalue weighted by atomic mass is 9.94. The van der Waals surface area contributed by atoms with E-state index in [0.29, 0.717) is 0 Å². The predicted octanol–water partition coefficient (Wildman–Crippen LogP) is 5.70. The van der Waals surface area contributed by atoms with E-state index in [1.54, 1.807) is 7.11 Å². The first-order valence-electron chi connectivity index (χ1n) is 10.4. The van der Waals surface area contributed by atoms with Crippen LogP contribution < -0.4 is 9.47 Å². The first-order chi connectivity index (χ1) is 14.8. The van der Waals surface area contributed by atoms with Crippen LogP contribution in [0.4, 0.5) is 0 Å². The molecule has 0 radical (unpaired) electrons. The molecule has 0 atom stereocenters. The maximum absolute atomic E-state index is 6.42. The highest BCUT2D eigenvalue weighted by molar-refractivity contribution is 5.93. The second-order valence-electron chi connectivity index (χ2n) is 7.73. The van der Waals surface area contributed by atoms with Gasteiger partial charge < -0.3 is 9.47 Å². The zero-order valence-electron chi connectivity index (χ0n) is 17.1. The van der Waals surface area contributed by atoms with Gasteiger partial charge in [0.05, 0.1) is 13.2 Å². The third-order valence-electron chi connectivity index (χ3n) is 5.83. The van der Waals surface area contributed by atoms with Crippen molar-refractivity contribution in [1.82, 2.24) is 4.90 Å². The van der Waals surface area contributed by atoms with Crippen LogP contribution in [0.2, 0.25) is 0 Å². The van der Waals surface area contributed by atoms with Crippen LogP contribution in [-0.2, 0) is 0 Å². The Kier molecular flexibility index (Phi) is 5.12. The Labute approximate surface area is 177 Å². The molecule has 0 aliphatic carbocycles. The lowest BCUT2D eigenvalue weighted by molar-refractivity contribution is 0.00111. The van der Waals surface area contributed by atoms with Gasteiger partial charge in [-0.3, -0.25) is 4.90 Å². The molecular weight excluding hydrogens is 370 g/mol. The molecule has 1 aliphatic heterocycles. The number of nitrogens with zero attached hydrogens (tertiary/aromatic N) is 1. The fourth-order valence-electron chi connectivity index (χ4n) is 4.34. The van der Waals surface area contributed by atoms with Gasteiger partial charge in [0.25, 0.3) is 0 Å². The van der Waals surface area contributed by atoms with E-state index in [0.717, 1.165) is 35.4 Å². The van der Waals surface area contributed by atoms with Gasteiger partial charge in [0.1, 0.15) is 17.6 Å². The van der Waals surface area contributed by atoms with E-state index in [2.05, 4.69) is 77.7 Å². The van der Waals surface area contributed by atoms with Crippen molar-refractivity contribution >= 4 is 10.8 Å². The maximum atomic E-state index is 6.42. The molecule has 3 heteroatoms. The van der Waals surface area contributed by atoms with Crippen molar-refractivity contribution in [2.24, 2.45) is 0 Å². The van der Waals surface area contributed by atoms with Gasteiger partial charge >= 0.3 is 0 Å². The molecule has 3 nitrogen and oxygen atoms in total. The summed E-state index contributed by atoms with van der Waals surface area (Å²) in [4.78, 5) is 2.49. The number of benzene rings is 4. The second kappa shape index (κ2) is 8.21. The van der Waals surface area contributed by atoms with Gasteiger partial charge in [0, 0.05) is 23.9 Å². The smallest absolute Gasteiger partial charge is 0.127 e. The number of rotatable bonds is 6. The molecule has 1 fully saturated rings. The van der Waals surface area contributed by atoms with Crippen molar-refractivity contribution in [3.8, 4) is 11.5 Å². The Morgan fingerprint density at radius 1 is 0.667 bits per heavy atom. The summed E-state index contributed by atoms with van der Waals surface area (Å²) >= 11 is 0. The van der Waals surface area contributed by atoms with Crippen molar-refractivity contribution in [3.05, 3.63) is 108 Å². The summed E-state index contributed by atoms with van der Waals surface area (Å²) in [6.07, 6.45) is 0.178. The summed E-state index contributed by atoms with van der Waals surface area (Å²) in [5.74, 6) is 1.80. The van der Waals surface area contributed by atoms with Crippen LogP contribution in [0.1, 0.15) is 17.2 Å². The minimum Gasteiger partial charge on any atom is -0.496 e. The van der Waals surface area contributed by atoms with E-state index >= 15 is 0 Å². The van der Waals surface area contributed by atoms with Gasteiger partial charge in [-0.1, -0.05) is 84.9 Å². The van der Waals surface area contributed by atoms with E-state index < -0.39 is 0 Å². The fraction of sp³-hybridized carbons (Fsp3) is 0.185.